The van der Waals surface area contributed by atoms with Crippen LogP contribution in [0.4, 0.5) is 0 Å². The fourth-order valence-corrected chi connectivity index (χ4v) is 1.61. The number of hydrogen-bond acceptors (Lipinski definition) is 4. The van der Waals surface area contributed by atoms with Crippen LogP contribution in [0.3, 0.4) is 0 Å². The maximum atomic E-state index is 10.5. The molecule has 0 aromatic heterocycles. The molecule has 0 atom stereocenters. The van der Waals surface area contributed by atoms with Crippen molar-refractivity contribution in [3.05, 3.63) is 29.8 Å². The van der Waals surface area contributed by atoms with Gasteiger partial charge in [-0.25, -0.2) is 0 Å². The van der Waals surface area contributed by atoms with E-state index in [2.05, 4.69) is 0 Å². The Morgan fingerprint density at radius 1 is 1.18 bits per heavy atom. The zero-order chi connectivity index (χ0) is 13.1. The smallest absolute Gasteiger partial charge is 0.150 e. The summed E-state index contributed by atoms with van der Waals surface area (Å²) in [5, 5.41) is 9.92. The summed E-state index contributed by atoms with van der Waals surface area (Å²) in [5.41, 5.74) is -0.958. The quantitative estimate of drug-likeness (QED) is 0.648. The highest BCUT2D eigenvalue weighted by molar-refractivity contribution is 7.94. The molecule has 0 radical (unpaired) electrons. The second kappa shape index (κ2) is 5.21. The van der Waals surface area contributed by atoms with E-state index in [9.17, 15) is 9.90 Å². The molecule has 0 amide bonds. The SMILES string of the molecule is CC(C)(O)C(C)(C)OSc1ccc(C=O)cc1. The molecule has 3 nitrogen and oxygen atoms in total. The lowest BCUT2D eigenvalue weighted by atomic mass is 9.90. The molecule has 0 heterocycles. The Kier molecular flexibility index (Phi) is 4.36. The summed E-state index contributed by atoms with van der Waals surface area (Å²) >= 11 is 1.20. The van der Waals surface area contributed by atoms with Crippen molar-refractivity contribution in [2.24, 2.45) is 0 Å². The van der Waals surface area contributed by atoms with Crippen LogP contribution in [0.1, 0.15) is 38.1 Å². The van der Waals surface area contributed by atoms with Gasteiger partial charge >= 0.3 is 0 Å². The number of hydrogen-bond donors (Lipinski definition) is 1. The second-order valence-corrected chi connectivity index (χ2v) is 5.73. The molecule has 0 spiro atoms. The Morgan fingerprint density at radius 2 is 1.71 bits per heavy atom. The van der Waals surface area contributed by atoms with Crippen LogP contribution >= 0.6 is 12.0 Å². The van der Waals surface area contributed by atoms with Gasteiger partial charge in [-0.3, -0.25) is 4.79 Å². The van der Waals surface area contributed by atoms with Crippen molar-refractivity contribution in [3.63, 3.8) is 0 Å². The number of benzene rings is 1. The van der Waals surface area contributed by atoms with Gasteiger partial charge in [0.15, 0.2) is 0 Å². The highest BCUT2D eigenvalue weighted by Crippen LogP contribution is 2.32. The molecule has 0 aliphatic heterocycles. The monoisotopic (exact) mass is 254 g/mol. The molecular formula is C13H18O3S. The number of carbonyl (C=O) groups is 1. The van der Waals surface area contributed by atoms with Crippen molar-refractivity contribution < 1.29 is 14.1 Å². The highest BCUT2D eigenvalue weighted by atomic mass is 32.2. The minimum atomic E-state index is -0.928. The number of aliphatic hydroxyl groups is 1. The molecular weight excluding hydrogens is 236 g/mol. The van der Waals surface area contributed by atoms with Crippen LogP contribution in [0.2, 0.25) is 0 Å². The van der Waals surface area contributed by atoms with E-state index in [1.807, 2.05) is 26.0 Å². The van der Waals surface area contributed by atoms with Gasteiger partial charge in [0.25, 0.3) is 0 Å². The van der Waals surface area contributed by atoms with Crippen molar-refractivity contribution in [1.82, 2.24) is 0 Å². The molecule has 4 heteroatoms. The maximum absolute atomic E-state index is 10.5. The Bertz CT molecular complexity index is 377. The van der Waals surface area contributed by atoms with Crippen molar-refractivity contribution in [2.45, 2.75) is 43.8 Å². The zero-order valence-electron chi connectivity index (χ0n) is 10.6. The van der Waals surface area contributed by atoms with Crippen molar-refractivity contribution in [1.29, 1.82) is 0 Å². The van der Waals surface area contributed by atoms with Crippen LogP contribution < -0.4 is 0 Å². The molecule has 1 aromatic carbocycles. The fraction of sp³-hybridized carbons (Fsp3) is 0.462. The largest absolute Gasteiger partial charge is 0.387 e. The Hall–Kier alpha value is -0.840. The molecule has 0 bridgehead atoms. The second-order valence-electron chi connectivity index (χ2n) is 4.92. The van der Waals surface area contributed by atoms with E-state index in [0.717, 1.165) is 11.2 Å². The Labute approximate surface area is 106 Å². The van der Waals surface area contributed by atoms with Gasteiger partial charge < -0.3 is 9.29 Å². The highest BCUT2D eigenvalue weighted by Gasteiger charge is 2.36. The molecule has 0 saturated carbocycles. The Balaban J connectivity index is 2.64. The van der Waals surface area contributed by atoms with Crippen molar-refractivity contribution in [2.75, 3.05) is 0 Å². The number of carbonyl (C=O) groups excluding carboxylic acids is 1. The van der Waals surface area contributed by atoms with E-state index in [-0.39, 0.29) is 0 Å². The molecule has 17 heavy (non-hydrogen) atoms. The molecule has 0 fully saturated rings. The number of aldehydes is 1. The van der Waals surface area contributed by atoms with E-state index in [0.29, 0.717) is 5.56 Å². The minimum Gasteiger partial charge on any atom is -0.387 e. The maximum Gasteiger partial charge on any atom is 0.150 e. The number of rotatable bonds is 5. The van der Waals surface area contributed by atoms with E-state index in [1.54, 1.807) is 26.0 Å². The van der Waals surface area contributed by atoms with Gasteiger partial charge in [0.2, 0.25) is 0 Å². The molecule has 1 rings (SSSR count). The third-order valence-electron chi connectivity index (χ3n) is 2.84. The molecule has 0 aliphatic carbocycles. The van der Waals surface area contributed by atoms with Gasteiger partial charge in [-0.15, -0.1) is 0 Å². The van der Waals surface area contributed by atoms with Crippen LogP contribution in [0.15, 0.2) is 29.2 Å². The van der Waals surface area contributed by atoms with Gasteiger partial charge in [0.1, 0.15) is 11.9 Å². The van der Waals surface area contributed by atoms with Gasteiger partial charge in [-0.1, -0.05) is 12.1 Å². The first-order valence-corrected chi connectivity index (χ1v) is 6.14. The van der Waals surface area contributed by atoms with Crippen LogP contribution in [-0.2, 0) is 4.18 Å². The molecule has 0 unspecified atom stereocenters. The lowest BCUT2D eigenvalue weighted by molar-refractivity contribution is -0.0813. The van der Waals surface area contributed by atoms with E-state index < -0.39 is 11.2 Å². The molecule has 1 N–H and O–H groups in total. The lowest BCUT2D eigenvalue weighted by Gasteiger charge is -2.35. The summed E-state index contributed by atoms with van der Waals surface area (Å²) in [6, 6.07) is 7.09. The van der Waals surface area contributed by atoms with Crippen LogP contribution in [-0.4, -0.2) is 22.6 Å². The minimum absolute atomic E-state index is 0.635. The third kappa shape index (κ3) is 3.84. The van der Waals surface area contributed by atoms with E-state index in [1.165, 1.54) is 12.0 Å². The summed E-state index contributed by atoms with van der Waals surface area (Å²) in [5.74, 6) is 0. The van der Waals surface area contributed by atoms with Crippen LogP contribution in [0.5, 0.6) is 0 Å². The molecule has 1 aromatic rings. The lowest BCUT2D eigenvalue weighted by Crippen LogP contribution is -2.45. The fourth-order valence-electron chi connectivity index (χ4n) is 0.856. The first-order chi connectivity index (χ1) is 7.76. The average molecular weight is 254 g/mol. The van der Waals surface area contributed by atoms with Crippen molar-refractivity contribution >= 4 is 18.3 Å². The standard InChI is InChI=1S/C13H18O3S/c1-12(2,15)13(3,4)16-17-11-7-5-10(9-14)6-8-11/h5-9,15H,1-4H3. The normalized spacial score (nSPS) is 12.5. The molecule has 0 aliphatic rings. The predicted molar refractivity (Wildman–Crippen MR) is 69.1 cm³/mol. The van der Waals surface area contributed by atoms with Gasteiger partial charge in [0.05, 0.1) is 5.60 Å². The van der Waals surface area contributed by atoms with Crippen molar-refractivity contribution in [3.8, 4) is 0 Å². The predicted octanol–water partition coefficient (Wildman–Crippen LogP) is 3.07. The summed E-state index contributed by atoms with van der Waals surface area (Å²) in [6.45, 7) is 7.09. The van der Waals surface area contributed by atoms with Gasteiger partial charge in [0, 0.05) is 22.5 Å². The van der Waals surface area contributed by atoms with E-state index in [4.69, 9.17) is 4.18 Å². The van der Waals surface area contributed by atoms with E-state index >= 15 is 0 Å². The van der Waals surface area contributed by atoms with Gasteiger partial charge in [-0.05, 0) is 39.8 Å². The Morgan fingerprint density at radius 3 is 2.12 bits per heavy atom. The summed E-state index contributed by atoms with van der Waals surface area (Å²) in [6.07, 6.45) is 0.802. The first kappa shape index (κ1) is 14.2. The topological polar surface area (TPSA) is 46.5 Å². The first-order valence-electron chi connectivity index (χ1n) is 5.39. The van der Waals surface area contributed by atoms with Gasteiger partial charge in [-0.2, -0.15) is 0 Å². The average Bonchev–Trinajstić information content (AvgIpc) is 2.25. The van der Waals surface area contributed by atoms with Crippen LogP contribution in [0, 0.1) is 0 Å². The molecule has 0 saturated heterocycles. The van der Waals surface area contributed by atoms with Crippen LogP contribution in [0.25, 0.3) is 0 Å². The summed E-state index contributed by atoms with van der Waals surface area (Å²) in [7, 11) is 0. The summed E-state index contributed by atoms with van der Waals surface area (Å²) < 4.78 is 5.63. The summed E-state index contributed by atoms with van der Waals surface area (Å²) in [4.78, 5) is 11.4. The zero-order valence-corrected chi connectivity index (χ0v) is 11.4. The molecule has 94 valence electrons. The third-order valence-corrected chi connectivity index (χ3v) is 3.80.